The molecule has 2 fully saturated rings. The Kier molecular flexibility index (Phi) is 5.23. The summed E-state index contributed by atoms with van der Waals surface area (Å²) < 4.78 is 40.0. The normalized spacial score (nSPS) is 17.4. The molecule has 1 aliphatic heterocycles. The molecule has 11 heteroatoms. The molecule has 3 heterocycles. The van der Waals surface area contributed by atoms with Crippen molar-refractivity contribution in [3.05, 3.63) is 65.5 Å². The van der Waals surface area contributed by atoms with Gasteiger partial charge in [-0.05, 0) is 42.7 Å². The van der Waals surface area contributed by atoms with Gasteiger partial charge in [0.2, 0.25) is 0 Å². The van der Waals surface area contributed by atoms with Gasteiger partial charge in [-0.3, -0.25) is 4.79 Å². The van der Waals surface area contributed by atoms with E-state index in [4.69, 9.17) is 0 Å². The summed E-state index contributed by atoms with van der Waals surface area (Å²) in [6, 6.07) is 7.33. The highest BCUT2D eigenvalue weighted by atomic mass is 19.4. The Morgan fingerprint density at radius 2 is 1.94 bits per heavy atom. The molecule has 5 rings (SSSR count). The van der Waals surface area contributed by atoms with Crippen LogP contribution in [-0.4, -0.2) is 50.7 Å². The Bertz CT molecular complexity index is 1260. The summed E-state index contributed by atoms with van der Waals surface area (Å²) in [5, 5.41) is 18.7. The maximum atomic E-state index is 12.9. The Morgan fingerprint density at radius 1 is 1.18 bits per heavy atom. The fraction of sp³-hybridized carbons (Fsp3) is 0.348. The number of carbonyl (C=O) groups is 2. The van der Waals surface area contributed by atoms with Gasteiger partial charge in [-0.1, -0.05) is 12.1 Å². The summed E-state index contributed by atoms with van der Waals surface area (Å²) >= 11 is 0. The highest BCUT2D eigenvalue weighted by molar-refractivity contribution is 6.01. The fourth-order valence-electron chi connectivity index (χ4n) is 4.83. The number of rotatable bonds is 4. The van der Waals surface area contributed by atoms with Gasteiger partial charge in [0.1, 0.15) is 0 Å². The molecule has 2 aliphatic rings. The van der Waals surface area contributed by atoms with E-state index in [-0.39, 0.29) is 29.7 Å². The Labute approximate surface area is 192 Å². The second-order valence-corrected chi connectivity index (χ2v) is 9.03. The van der Waals surface area contributed by atoms with E-state index in [9.17, 15) is 27.9 Å². The number of carbonyl (C=O) groups excluding carboxylic acids is 2. The molecule has 0 atom stereocenters. The van der Waals surface area contributed by atoms with Crippen LogP contribution >= 0.6 is 0 Å². The van der Waals surface area contributed by atoms with E-state index in [1.165, 1.54) is 18.3 Å². The number of halogens is 3. The summed E-state index contributed by atoms with van der Waals surface area (Å²) in [6.45, 7) is 1.04. The molecule has 1 saturated carbocycles. The molecular weight excluding hydrogens is 451 g/mol. The average Bonchev–Trinajstić information content (AvgIpc) is 3.16. The largest absolute Gasteiger partial charge is 0.416 e. The van der Waals surface area contributed by atoms with Crippen molar-refractivity contribution in [1.29, 1.82) is 0 Å². The molecule has 34 heavy (non-hydrogen) atoms. The average molecular weight is 473 g/mol. The molecular formula is C23H22F3N5O3. The number of benzene rings is 1. The number of amides is 3. The third kappa shape index (κ3) is 4.07. The van der Waals surface area contributed by atoms with Crippen molar-refractivity contribution in [2.75, 3.05) is 18.4 Å². The van der Waals surface area contributed by atoms with Crippen LogP contribution in [0.25, 0.3) is 5.52 Å². The SMILES string of the molecule is O=C(Nc1cccc(C(F)(F)F)c1)NC1CC2(C1)CN(C(=O)c1cnn3cc(CO)ccc13)C2. The van der Waals surface area contributed by atoms with Crippen LogP contribution in [0.1, 0.15) is 34.3 Å². The molecule has 2 aromatic heterocycles. The third-order valence-electron chi connectivity index (χ3n) is 6.47. The number of nitrogens with one attached hydrogen (secondary N) is 2. The molecule has 8 nitrogen and oxygen atoms in total. The van der Waals surface area contributed by atoms with Crippen LogP contribution in [0.4, 0.5) is 23.7 Å². The molecule has 1 aromatic carbocycles. The fourth-order valence-corrected chi connectivity index (χ4v) is 4.83. The number of aliphatic hydroxyl groups excluding tert-OH is 1. The van der Waals surface area contributed by atoms with Crippen LogP contribution in [0.5, 0.6) is 0 Å². The molecule has 0 bridgehead atoms. The molecule has 0 radical (unpaired) electrons. The number of aromatic nitrogens is 2. The lowest BCUT2D eigenvalue weighted by molar-refractivity contribution is -0.137. The van der Waals surface area contributed by atoms with Gasteiger partial charge < -0.3 is 20.6 Å². The van der Waals surface area contributed by atoms with Crippen LogP contribution in [0.15, 0.2) is 48.8 Å². The maximum Gasteiger partial charge on any atom is 0.416 e. The molecule has 1 spiro atoms. The molecule has 0 unspecified atom stereocenters. The Balaban J connectivity index is 1.12. The van der Waals surface area contributed by atoms with Crippen molar-refractivity contribution in [2.45, 2.75) is 31.7 Å². The van der Waals surface area contributed by atoms with Gasteiger partial charge >= 0.3 is 12.2 Å². The first-order valence-electron chi connectivity index (χ1n) is 10.8. The van der Waals surface area contributed by atoms with Crippen LogP contribution in [0.2, 0.25) is 0 Å². The number of anilines is 1. The van der Waals surface area contributed by atoms with E-state index in [0.717, 1.165) is 12.1 Å². The lowest BCUT2D eigenvalue weighted by atomic mass is 9.60. The number of likely N-dealkylation sites (tertiary alicyclic amines) is 1. The van der Waals surface area contributed by atoms with Crippen LogP contribution in [0.3, 0.4) is 0 Å². The van der Waals surface area contributed by atoms with Crippen molar-refractivity contribution in [3.63, 3.8) is 0 Å². The highest BCUT2D eigenvalue weighted by Gasteiger charge is 2.54. The third-order valence-corrected chi connectivity index (χ3v) is 6.47. The van der Waals surface area contributed by atoms with Gasteiger partial charge in [0, 0.05) is 36.4 Å². The zero-order chi connectivity index (χ0) is 24.1. The van der Waals surface area contributed by atoms with Crippen molar-refractivity contribution in [1.82, 2.24) is 19.8 Å². The molecule has 3 aromatic rings. The minimum atomic E-state index is -4.48. The summed E-state index contributed by atoms with van der Waals surface area (Å²) in [7, 11) is 0. The zero-order valence-corrected chi connectivity index (χ0v) is 18.0. The smallest absolute Gasteiger partial charge is 0.392 e. The summed E-state index contributed by atoms with van der Waals surface area (Å²) in [4.78, 5) is 26.9. The number of nitrogens with zero attached hydrogens (tertiary/aromatic N) is 3. The number of fused-ring (bicyclic) bond motifs is 1. The van der Waals surface area contributed by atoms with E-state index < -0.39 is 17.8 Å². The first-order valence-corrected chi connectivity index (χ1v) is 10.8. The van der Waals surface area contributed by atoms with Gasteiger partial charge in [-0.15, -0.1) is 0 Å². The lowest BCUT2D eigenvalue weighted by Gasteiger charge is -2.58. The predicted octanol–water partition coefficient (Wildman–Crippen LogP) is 3.27. The highest BCUT2D eigenvalue weighted by Crippen LogP contribution is 2.48. The van der Waals surface area contributed by atoms with E-state index in [0.29, 0.717) is 42.6 Å². The van der Waals surface area contributed by atoms with E-state index in [1.54, 1.807) is 27.7 Å². The zero-order valence-electron chi connectivity index (χ0n) is 18.0. The standard InChI is InChI=1S/C23H22F3N5O3/c24-23(25,26)15-2-1-3-16(6-15)28-21(34)29-17-7-22(8-17)12-30(13-22)20(33)18-9-27-31-10-14(11-32)4-5-19(18)31/h1-6,9-10,17,32H,7-8,11-13H2,(H2,28,29,34). The van der Waals surface area contributed by atoms with Crippen molar-refractivity contribution in [2.24, 2.45) is 5.41 Å². The van der Waals surface area contributed by atoms with E-state index in [2.05, 4.69) is 15.7 Å². The number of alkyl halides is 3. The molecule has 1 aliphatic carbocycles. The van der Waals surface area contributed by atoms with Crippen LogP contribution < -0.4 is 10.6 Å². The van der Waals surface area contributed by atoms with E-state index >= 15 is 0 Å². The topological polar surface area (TPSA) is 99.0 Å². The van der Waals surface area contributed by atoms with Crippen LogP contribution in [-0.2, 0) is 12.8 Å². The number of hydrogen-bond donors (Lipinski definition) is 3. The molecule has 178 valence electrons. The summed E-state index contributed by atoms with van der Waals surface area (Å²) in [5.74, 6) is -0.115. The maximum absolute atomic E-state index is 12.9. The van der Waals surface area contributed by atoms with Crippen molar-refractivity contribution in [3.8, 4) is 0 Å². The van der Waals surface area contributed by atoms with Gasteiger partial charge in [0.05, 0.1) is 29.4 Å². The minimum absolute atomic E-state index is 0.0448. The van der Waals surface area contributed by atoms with Gasteiger partial charge in [0.15, 0.2) is 0 Å². The first kappa shape index (κ1) is 22.2. The van der Waals surface area contributed by atoms with E-state index in [1.807, 2.05) is 0 Å². The predicted molar refractivity (Wildman–Crippen MR) is 116 cm³/mol. The lowest BCUT2D eigenvalue weighted by Crippen LogP contribution is -2.67. The van der Waals surface area contributed by atoms with Gasteiger partial charge in [-0.2, -0.15) is 18.3 Å². The number of urea groups is 1. The number of hydrogen-bond acceptors (Lipinski definition) is 4. The molecule has 3 amide bonds. The first-order chi connectivity index (χ1) is 16.2. The summed E-state index contributed by atoms with van der Waals surface area (Å²) in [5.41, 5.74) is 1.06. The monoisotopic (exact) mass is 473 g/mol. The van der Waals surface area contributed by atoms with Gasteiger partial charge in [0.25, 0.3) is 5.91 Å². The Hall–Kier alpha value is -3.60. The second-order valence-electron chi connectivity index (χ2n) is 9.03. The second kappa shape index (κ2) is 8.01. The quantitative estimate of drug-likeness (QED) is 0.542. The minimum Gasteiger partial charge on any atom is -0.392 e. The van der Waals surface area contributed by atoms with Crippen LogP contribution in [0, 0.1) is 5.41 Å². The number of pyridine rings is 1. The molecule has 3 N–H and O–H groups in total. The Morgan fingerprint density at radius 3 is 2.65 bits per heavy atom. The summed E-state index contributed by atoms with van der Waals surface area (Å²) in [6.07, 6.45) is 0.111. The molecule has 1 saturated heterocycles. The number of aliphatic hydroxyl groups is 1. The van der Waals surface area contributed by atoms with Crippen molar-refractivity contribution < 1.29 is 27.9 Å². The van der Waals surface area contributed by atoms with Crippen molar-refractivity contribution >= 4 is 23.1 Å². The van der Waals surface area contributed by atoms with Gasteiger partial charge in [-0.25, -0.2) is 9.31 Å².